The lowest BCUT2D eigenvalue weighted by atomic mass is 10.1. The van der Waals surface area contributed by atoms with E-state index in [0.29, 0.717) is 0 Å². The number of nitrogens with zero attached hydrogens (tertiary/aromatic N) is 2. The first-order chi connectivity index (χ1) is 7.62. The Morgan fingerprint density at radius 3 is 2.29 bits per heavy atom. The summed E-state index contributed by atoms with van der Waals surface area (Å²) >= 11 is 0. The highest BCUT2D eigenvalue weighted by molar-refractivity contribution is 6.69. The fourth-order valence-electron chi connectivity index (χ4n) is 1.92. The van der Waals surface area contributed by atoms with Crippen molar-refractivity contribution < 1.29 is 9.26 Å². The third-order valence-electron chi connectivity index (χ3n) is 2.32. The Morgan fingerprint density at radius 1 is 1.29 bits per heavy atom. The highest BCUT2D eigenvalue weighted by atomic mass is 28.4. The summed E-state index contributed by atoms with van der Waals surface area (Å²) in [4.78, 5) is 0. The molecular formula is C12H24N2O2Si. The van der Waals surface area contributed by atoms with E-state index in [9.17, 15) is 5.26 Å². The fraction of sp³-hybridized carbons (Fsp3) is 0.917. The van der Waals surface area contributed by atoms with Crippen LogP contribution >= 0.6 is 0 Å². The average Bonchev–Trinajstić information content (AvgIpc) is 2.41. The van der Waals surface area contributed by atoms with Gasteiger partial charge in [0.05, 0.1) is 17.8 Å². The molecule has 1 aliphatic heterocycles. The molecule has 2 atom stereocenters. The van der Waals surface area contributed by atoms with Crippen molar-refractivity contribution in [2.75, 3.05) is 6.54 Å². The van der Waals surface area contributed by atoms with Crippen LogP contribution in [0, 0.1) is 11.3 Å². The lowest BCUT2D eigenvalue weighted by molar-refractivity contribution is -0.110. The summed E-state index contributed by atoms with van der Waals surface area (Å²) in [6.45, 7) is 13.2. The SMILES string of the molecule is CC(C)(C)O[C@H]1CCN(O[Si](C)(C)C)[C@H]1C#N. The maximum Gasteiger partial charge on any atom is 0.212 e. The van der Waals surface area contributed by atoms with Crippen LogP contribution in [0.3, 0.4) is 0 Å². The van der Waals surface area contributed by atoms with E-state index in [-0.39, 0.29) is 17.7 Å². The fourth-order valence-corrected chi connectivity index (χ4v) is 2.82. The predicted octanol–water partition coefficient (Wildman–Crippen LogP) is 2.53. The van der Waals surface area contributed by atoms with Crippen LogP contribution in [0.2, 0.25) is 19.6 Å². The van der Waals surface area contributed by atoms with Crippen molar-refractivity contribution in [2.45, 2.75) is 64.6 Å². The summed E-state index contributed by atoms with van der Waals surface area (Å²) in [5.41, 5.74) is -0.213. The van der Waals surface area contributed by atoms with Crippen LogP contribution in [0.5, 0.6) is 0 Å². The van der Waals surface area contributed by atoms with Crippen molar-refractivity contribution in [3.8, 4) is 6.07 Å². The Bertz CT molecular complexity index is 277. The molecule has 0 spiro atoms. The lowest BCUT2D eigenvalue weighted by Crippen LogP contribution is -2.43. The monoisotopic (exact) mass is 256 g/mol. The molecule has 1 heterocycles. The minimum absolute atomic E-state index is 0.0450. The molecule has 0 aromatic carbocycles. The first-order valence-electron chi connectivity index (χ1n) is 6.15. The topological polar surface area (TPSA) is 45.5 Å². The Labute approximate surface area is 106 Å². The van der Waals surface area contributed by atoms with E-state index < -0.39 is 8.32 Å². The largest absolute Gasteiger partial charge is 0.370 e. The Balaban J connectivity index is 2.66. The highest BCUT2D eigenvalue weighted by Crippen LogP contribution is 2.26. The zero-order valence-electron chi connectivity index (χ0n) is 11.8. The Hall–Kier alpha value is -0.413. The van der Waals surface area contributed by atoms with Gasteiger partial charge < -0.3 is 9.26 Å². The van der Waals surface area contributed by atoms with Gasteiger partial charge in [-0.05, 0) is 46.8 Å². The minimum atomic E-state index is -1.65. The van der Waals surface area contributed by atoms with Crippen LogP contribution in [0.4, 0.5) is 0 Å². The Morgan fingerprint density at radius 2 is 1.88 bits per heavy atom. The van der Waals surface area contributed by atoms with Gasteiger partial charge in [-0.2, -0.15) is 10.3 Å². The number of ether oxygens (including phenoxy) is 1. The quantitative estimate of drug-likeness (QED) is 0.728. The van der Waals surface area contributed by atoms with Gasteiger partial charge >= 0.3 is 0 Å². The summed E-state index contributed by atoms with van der Waals surface area (Å²) in [6.07, 6.45) is 0.816. The van der Waals surface area contributed by atoms with Gasteiger partial charge in [-0.25, -0.2) is 0 Å². The van der Waals surface area contributed by atoms with E-state index in [1.807, 2.05) is 25.8 Å². The minimum Gasteiger partial charge on any atom is -0.370 e. The number of nitriles is 1. The molecule has 4 nitrogen and oxygen atoms in total. The second-order valence-electron chi connectivity index (χ2n) is 6.48. The van der Waals surface area contributed by atoms with Gasteiger partial charge in [0.15, 0.2) is 0 Å². The van der Waals surface area contributed by atoms with Crippen molar-refractivity contribution in [1.82, 2.24) is 5.06 Å². The molecule has 0 N–H and O–H groups in total. The Kier molecular flexibility index (Phi) is 4.36. The lowest BCUT2D eigenvalue weighted by Gasteiger charge is -2.30. The van der Waals surface area contributed by atoms with E-state index in [4.69, 9.17) is 9.26 Å². The second-order valence-corrected chi connectivity index (χ2v) is 10.9. The van der Waals surface area contributed by atoms with Crippen LogP contribution in [-0.4, -0.2) is 37.7 Å². The molecule has 0 unspecified atom stereocenters. The van der Waals surface area contributed by atoms with Crippen molar-refractivity contribution in [1.29, 1.82) is 5.26 Å². The zero-order valence-corrected chi connectivity index (χ0v) is 12.8. The number of rotatable bonds is 3. The molecule has 1 rings (SSSR count). The maximum atomic E-state index is 9.26. The first kappa shape index (κ1) is 14.6. The van der Waals surface area contributed by atoms with Gasteiger partial charge in [-0.15, -0.1) is 0 Å². The smallest absolute Gasteiger partial charge is 0.212 e. The van der Waals surface area contributed by atoms with Crippen molar-refractivity contribution >= 4 is 8.32 Å². The van der Waals surface area contributed by atoms with Crippen LogP contribution in [0.15, 0.2) is 0 Å². The standard InChI is InChI=1S/C12H24N2O2Si/c1-12(2,3)15-11-7-8-14(10(11)9-13)16-17(4,5)6/h10-11H,7-8H2,1-6H3/t10-,11-/m0/s1. The first-order valence-corrected chi connectivity index (χ1v) is 9.56. The van der Waals surface area contributed by atoms with Crippen molar-refractivity contribution in [3.05, 3.63) is 0 Å². The molecule has 0 amide bonds. The van der Waals surface area contributed by atoms with Crippen LogP contribution in [0.1, 0.15) is 27.2 Å². The van der Waals surface area contributed by atoms with Crippen molar-refractivity contribution in [3.63, 3.8) is 0 Å². The second kappa shape index (κ2) is 5.07. The van der Waals surface area contributed by atoms with Crippen LogP contribution in [0.25, 0.3) is 0 Å². The van der Waals surface area contributed by atoms with Crippen LogP contribution in [-0.2, 0) is 9.26 Å². The molecule has 0 radical (unpaired) electrons. The molecule has 17 heavy (non-hydrogen) atoms. The summed E-state index contributed by atoms with van der Waals surface area (Å²) in [6, 6.07) is 2.03. The molecule has 1 saturated heterocycles. The van der Waals surface area contributed by atoms with E-state index in [0.717, 1.165) is 13.0 Å². The molecule has 0 bridgehead atoms. The molecule has 98 valence electrons. The third kappa shape index (κ3) is 4.76. The van der Waals surface area contributed by atoms with Gasteiger partial charge in [0.2, 0.25) is 8.32 Å². The molecule has 0 aromatic rings. The van der Waals surface area contributed by atoms with E-state index in [2.05, 4.69) is 25.7 Å². The zero-order chi connectivity index (χ0) is 13.3. The number of hydrogen-bond acceptors (Lipinski definition) is 4. The summed E-state index contributed by atoms with van der Waals surface area (Å²) in [5, 5.41) is 11.1. The molecule has 0 aromatic heterocycles. The van der Waals surface area contributed by atoms with Gasteiger partial charge in [0.1, 0.15) is 6.04 Å². The summed E-state index contributed by atoms with van der Waals surface area (Å²) < 4.78 is 11.8. The van der Waals surface area contributed by atoms with Crippen LogP contribution < -0.4 is 0 Å². The molecule has 0 saturated carbocycles. The molecule has 0 aliphatic carbocycles. The number of hydroxylamine groups is 2. The van der Waals surface area contributed by atoms with Gasteiger partial charge in [0, 0.05) is 6.54 Å². The van der Waals surface area contributed by atoms with Crippen molar-refractivity contribution in [2.24, 2.45) is 0 Å². The van der Waals surface area contributed by atoms with E-state index in [1.54, 1.807) is 0 Å². The summed E-state index contributed by atoms with van der Waals surface area (Å²) in [7, 11) is -1.65. The van der Waals surface area contributed by atoms with Gasteiger partial charge in [-0.3, -0.25) is 0 Å². The third-order valence-corrected chi connectivity index (χ3v) is 3.11. The van der Waals surface area contributed by atoms with Gasteiger partial charge in [0.25, 0.3) is 0 Å². The summed E-state index contributed by atoms with van der Waals surface area (Å²) in [5.74, 6) is 0. The average molecular weight is 256 g/mol. The predicted molar refractivity (Wildman–Crippen MR) is 69.8 cm³/mol. The van der Waals surface area contributed by atoms with E-state index >= 15 is 0 Å². The van der Waals surface area contributed by atoms with E-state index in [1.165, 1.54) is 0 Å². The maximum absolute atomic E-state index is 9.26. The molecular weight excluding hydrogens is 232 g/mol. The van der Waals surface area contributed by atoms with Gasteiger partial charge in [-0.1, -0.05) is 0 Å². The molecule has 1 fully saturated rings. The highest BCUT2D eigenvalue weighted by Gasteiger charge is 2.40. The molecule has 1 aliphatic rings. The normalized spacial score (nSPS) is 27.1. The molecule has 5 heteroatoms. The number of hydrogen-bond donors (Lipinski definition) is 0.